The van der Waals surface area contributed by atoms with Crippen LogP contribution in [0.15, 0.2) is 114 Å². The molecule has 76 heavy (non-hydrogen) atoms. The van der Waals surface area contributed by atoms with Gasteiger partial charge in [-0.1, -0.05) is 80.0 Å². The second kappa shape index (κ2) is 26.6. The summed E-state index contributed by atoms with van der Waals surface area (Å²) in [5, 5.41) is 53.3. The number of guanidine groups is 1. The summed E-state index contributed by atoms with van der Waals surface area (Å²) in [6.07, 6.45) is 17.2. The fourth-order valence-electron chi connectivity index (χ4n) is 10.9. The summed E-state index contributed by atoms with van der Waals surface area (Å²) in [7, 11) is 5.14. The van der Waals surface area contributed by atoms with Crippen LogP contribution in [0, 0.1) is 23.9 Å². The Bertz CT molecular complexity index is 3020. The summed E-state index contributed by atoms with van der Waals surface area (Å²) < 4.78 is 24.8. The molecule has 0 spiro atoms. The van der Waals surface area contributed by atoms with E-state index in [9.17, 15) is 25.2 Å². The third kappa shape index (κ3) is 14.2. The topological polar surface area (TPSA) is 197 Å². The molecule has 13 nitrogen and oxygen atoms in total. The molecule has 4 aliphatic rings. The zero-order valence-corrected chi connectivity index (χ0v) is 44.3. The van der Waals surface area contributed by atoms with Crippen LogP contribution in [0.4, 0.5) is 5.69 Å². The summed E-state index contributed by atoms with van der Waals surface area (Å²) in [6.45, 7) is 4.18. The maximum atomic E-state index is 14.2. The fraction of sp³-hybridized carbons (Fsp3) is 0.397. The Morgan fingerprint density at radius 1 is 0.921 bits per heavy atom. The summed E-state index contributed by atoms with van der Waals surface area (Å²) >= 11 is 0. The number of ether oxygens (including phenoxy) is 4. The second-order valence-corrected chi connectivity index (χ2v) is 20.3. The Labute approximate surface area is 447 Å². The summed E-state index contributed by atoms with van der Waals surface area (Å²) in [5.41, 5.74) is 13.9. The van der Waals surface area contributed by atoms with E-state index < -0.39 is 18.3 Å². The van der Waals surface area contributed by atoms with Gasteiger partial charge in [0.2, 0.25) is 0 Å². The number of fused-ring (bicyclic) bond motifs is 9. The van der Waals surface area contributed by atoms with Crippen molar-refractivity contribution in [2.75, 3.05) is 46.3 Å². The van der Waals surface area contributed by atoms with Crippen LogP contribution < -0.4 is 25.8 Å². The highest BCUT2D eigenvalue weighted by atomic mass is 16.5. The van der Waals surface area contributed by atoms with Gasteiger partial charge in [0.15, 0.2) is 23.7 Å². The molecule has 2 heterocycles. The van der Waals surface area contributed by atoms with Crippen molar-refractivity contribution in [2.24, 2.45) is 22.6 Å². The number of aromatic hydroxyl groups is 1. The smallest absolute Gasteiger partial charge is 0.192 e. The van der Waals surface area contributed by atoms with E-state index in [0.29, 0.717) is 66.4 Å². The fourth-order valence-corrected chi connectivity index (χ4v) is 10.9. The number of nitrogens with two attached hydrogens (primary N) is 1. The second-order valence-electron chi connectivity index (χ2n) is 20.3. The predicted octanol–water partition coefficient (Wildman–Crippen LogP) is 10.4. The normalized spacial score (nSPS) is 19.6. The van der Waals surface area contributed by atoms with Crippen LogP contribution in [0.2, 0.25) is 0 Å². The van der Waals surface area contributed by atoms with Crippen LogP contribution in [-0.4, -0.2) is 79.2 Å². The highest BCUT2D eigenvalue weighted by Crippen LogP contribution is 2.47. The predicted molar refractivity (Wildman–Crippen MR) is 301 cm³/mol. The van der Waals surface area contributed by atoms with Gasteiger partial charge in [0.25, 0.3) is 0 Å². The number of hydrogen-bond donors (Lipinski definition) is 7. The third-order valence-corrected chi connectivity index (χ3v) is 14.9. The summed E-state index contributed by atoms with van der Waals surface area (Å²) in [5.74, 6) is 4.16. The molecular formula is C63H74N4O9. The molecule has 0 saturated heterocycles. The molecule has 9 rings (SSSR count). The van der Waals surface area contributed by atoms with Crippen LogP contribution in [0.25, 0.3) is 16.8 Å². The number of carbonyl (C=O) groups excluding carboxylic acids is 1. The monoisotopic (exact) mass is 1030 g/mol. The number of allylic oxidation sites excluding steroid dienone is 4. The molecule has 0 saturated carbocycles. The van der Waals surface area contributed by atoms with Gasteiger partial charge < -0.3 is 55.7 Å². The number of aliphatic imine (C=N–C) groups is 1. The van der Waals surface area contributed by atoms with Crippen molar-refractivity contribution in [3.8, 4) is 29.3 Å². The SMILES string of the molecule is CN=C(N)Nc1cccc(CCCC[C@@H]2C=CC(O)=C[C@H]2C[C@H]2CC(=O)CCc3ccc(OC)c(c3)OCc3c(C(O)O)cc4c(c(O)cc5c4c3C=C[C@H]5C)[C@@H](Cc3cccc(CCOCCCNC)c3)C#CO2)c1. The molecule has 0 unspecified atom stereocenters. The average Bonchev–Trinajstić information content (AvgIpc) is 3.43. The number of aliphatic hydroxyl groups is 3. The number of Topliss-reactive ketones (excluding diaryl/α,β-unsaturated/α-hetero) is 1. The zero-order chi connectivity index (χ0) is 53.6. The molecule has 13 heteroatoms. The number of nitrogens with one attached hydrogen (secondary N) is 2. The van der Waals surface area contributed by atoms with E-state index in [0.717, 1.165) is 84.0 Å². The van der Waals surface area contributed by atoms with Crippen molar-refractivity contribution in [3.63, 3.8) is 0 Å². The number of phenols is 1. The van der Waals surface area contributed by atoms with E-state index in [1.807, 2.05) is 73.8 Å². The molecule has 6 bridgehead atoms. The standard InChI is InChI=1S/C63H74N4O9/c1-40-16-22-52-56-39-76-59-33-43(18-23-58(59)73-4)17-20-50(69)36-51(35-47-34-49(68)21-19-45(47)14-6-5-10-41-12-8-15-48(32-41)67-63(64)66-3)75-29-25-46(31-44-13-7-11-42(30-44)24-28-74-27-9-26-65-2)60-55(37-54(56)62(71)72)61(52)53(40)38-57(60)70/h7-8,11-13,15-16,18-19,21-23,30,32-34,37-38,40,45-47,51,62,65,68,70-72H,5-6,9-10,14,17,20,24,26-28,31,35-36,39H2,1-4H3,(H3,64,66,67)/t40-,45-,46-,47+,51+/m1/s1. The molecule has 5 aromatic rings. The van der Waals surface area contributed by atoms with Gasteiger partial charge in [-0.3, -0.25) is 9.79 Å². The number of ketones is 1. The number of methoxy groups -OCH3 is 1. The Morgan fingerprint density at radius 3 is 2.54 bits per heavy atom. The summed E-state index contributed by atoms with van der Waals surface area (Å²) in [6, 6.07) is 25.6. The third-order valence-electron chi connectivity index (χ3n) is 14.9. The quantitative estimate of drug-likeness (QED) is 0.0136. The largest absolute Gasteiger partial charge is 0.508 e. The van der Waals surface area contributed by atoms with Crippen LogP contribution in [0.3, 0.4) is 0 Å². The van der Waals surface area contributed by atoms with Gasteiger partial charge in [-0.25, -0.2) is 0 Å². The van der Waals surface area contributed by atoms with Crippen molar-refractivity contribution in [1.29, 1.82) is 0 Å². The van der Waals surface area contributed by atoms with E-state index in [4.69, 9.17) is 24.7 Å². The van der Waals surface area contributed by atoms with E-state index >= 15 is 0 Å². The minimum Gasteiger partial charge on any atom is -0.508 e. The first-order valence-corrected chi connectivity index (χ1v) is 26.8. The Kier molecular flexibility index (Phi) is 19.3. The number of unbranched alkanes of at least 4 members (excludes halogenated alkanes) is 1. The van der Waals surface area contributed by atoms with Gasteiger partial charge in [0, 0.05) is 54.8 Å². The van der Waals surface area contributed by atoms with E-state index in [2.05, 4.69) is 64.9 Å². The van der Waals surface area contributed by atoms with Gasteiger partial charge in [-0.2, -0.15) is 0 Å². The van der Waals surface area contributed by atoms with Crippen molar-refractivity contribution in [3.05, 3.63) is 159 Å². The van der Waals surface area contributed by atoms with Gasteiger partial charge in [0.1, 0.15) is 36.1 Å². The lowest BCUT2D eigenvalue weighted by Crippen LogP contribution is -2.24. The highest BCUT2D eigenvalue weighted by Gasteiger charge is 2.30. The molecule has 0 amide bonds. The Morgan fingerprint density at radius 2 is 1.74 bits per heavy atom. The minimum absolute atomic E-state index is 0.000165. The molecule has 0 fully saturated rings. The van der Waals surface area contributed by atoms with Crippen molar-refractivity contribution in [1.82, 2.24) is 5.32 Å². The van der Waals surface area contributed by atoms with Gasteiger partial charge in [-0.05, 0) is 169 Å². The van der Waals surface area contributed by atoms with E-state index in [-0.39, 0.29) is 60.1 Å². The highest BCUT2D eigenvalue weighted by molar-refractivity contribution is 6.01. The number of benzene rings is 5. The first kappa shape index (κ1) is 55.2. The molecule has 8 N–H and O–H groups in total. The summed E-state index contributed by atoms with van der Waals surface area (Å²) in [4.78, 5) is 18.2. The van der Waals surface area contributed by atoms with Crippen molar-refractivity contribution in [2.45, 2.75) is 108 Å². The van der Waals surface area contributed by atoms with E-state index in [1.54, 1.807) is 26.3 Å². The zero-order valence-electron chi connectivity index (χ0n) is 44.3. The molecule has 400 valence electrons. The van der Waals surface area contributed by atoms with Crippen LogP contribution in [0.5, 0.6) is 17.2 Å². The van der Waals surface area contributed by atoms with Gasteiger partial charge in [-0.15, -0.1) is 0 Å². The Balaban J connectivity index is 1.16. The molecular weight excluding hydrogens is 957 g/mol. The average molecular weight is 1030 g/mol. The maximum Gasteiger partial charge on any atom is 0.192 e. The van der Waals surface area contributed by atoms with E-state index in [1.165, 1.54) is 5.56 Å². The van der Waals surface area contributed by atoms with Crippen molar-refractivity contribution < 1.29 is 44.2 Å². The van der Waals surface area contributed by atoms with Crippen LogP contribution in [0.1, 0.15) is 120 Å². The molecule has 2 aliphatic heterocycles. The number of carbonyl (C=O) groups is 1. The molecule has 5 aromatic carbocycles. The van der Waals surface area contributed by atoms with Gasteiger partial charge in [0.05, 0.1) is 19.6 Å². The first-order valence-electron chi connectivity index (χ1n) is 26.8. The minimum atomic E-state index is -1.88. The number of aliphatic hydroxyl groups excluding tert-OH is 2. The maximum absolute atomic E-state index is 14.2. The lowest BCUT2D eigenvalue weighted by atomic mass is 9.78. The Hall–Kier alpha value is -7.08. The number of nitrogens with zero attached hydrogens (tertiary/aromatic N) is 1. The molecule has 5 atom stereocenters. The first-order chi connectivity index (χ1) is 36.9. The number of aryl methyl sites for hydroxylation is 2. The van der Waals surface area contributed by atoms with Crippen LogP contribution in [-0.2, 0) is 46.6 Å². The molecule has 0 radical (unpaired) electrons. The number of anilines is 1. The van der Waals surface area contributed by atoms with Crippen molar-refractivity contribution >= 4 is 34.3 Å². The number of hydrogen-bond acceptors (Lipinski definition) is 11. The number of rotatable bonds is 19. The molecule has 2 aliphatic carbocycles. The van der Waals surface area contributed by atoms with Crippen LogP contribution >= 0.6 is 0 Å². The molecule has 0 aromatic heterocycles. The lowest BCUT2D eigenvalue weighted by Gasteiger charge is -2.28. The van der Waals surface area contributed by atoms with Gasteiger partial charge >= 0.3 is 0 Å². The number of phenolic OH excluding ortho intramolecular Hbond substituents is 1. The lowest BCUT2D eigenvalue weighted by molar-refractivity contribution is -0.121.